The first kappa shape index (κ1) is 19.0. The number of para-hydroxylation sites is 2. The van der Waals surface area contributed by atoms with Crippen LogP contribution in [-0.2, 0) is 6.61 Å². The monoisotopic (exact) mass is 410 g/mol. The van der Waals surface area contributed by atoms with E-state index in [4.69, 9.17) is 18.7 Å². The van der Waals surface area contributed by atoms with E-state index in [0.717, 1.165) is 10.9 Å². The summed E-state index contributed by atoms with van der Waals surface area (Å²) in [6.45, 7) is 0.0775. The van der Waals surface area contributed by atoms with E-state index in [1.165, 1.54) is 11.8 Å². The number of benzene rings is 2. The molecule has 0 N–H and O–H groups in total. The van der Waals surface area contributed by atoms with Gasteiger partial charge < -0.3 is 18.7 Å². The number of thioether (sulfide) groups is 1. The van der Waals surface area contributed by atoms with Crippen LogP contribution >= 0.6 is 11.8 Å². The summed E-state index contributed by atoms with van der Waals surface area (Å²) in [6.07, 6.45) is 1.92. The van der Waals surface area contributed by atoms with Crippen LogP contribution in [0.5, 0.6) is 17.4 Å². The minimum absolute atomic E-state index is 0.0775. The van der Waals surface area contributed by atoms with Gasteiger partial charge in [-0.25, -0.2) is 4.98 Å². The van der Waals surface area contributed by atoms with Gasteiger partial charge in [0.05, 0.1) is 30.7 Å². The maximum Gasteiger partial charge on any atom is 0.264 e. The predicted octanol–water partition coefficient (Wildman–Crippen LogP) is 4.00. The number of hydrogen-bond donors (Lipinski definition) is 0. The minimum atomic E-state index is 0.0775. The minimum Gasteiger partial charge on any atom is -0.493 e. The van der Waals surface area contributed by atoms with E-state index in [1.54, 1.807) is 20.3 Å². The molecule has 0 aliphatic rings. The molecule has 0 bridgehead atoms. The predicted molar refractivity (Wildman–Crippen MR) is 108 cm³/mol. The van der Waals surface area contributed by atoms with E-state index in [1.807, 2.05) is 42.7 Å². The van der Waals surface area contributed by atoms with Crippen molar-refractivity contribution in [3.05, 3.63) is 48.4 Å². The van der Waals surface area contributed by atoms with E-state index >= 15 is 0 Å². The van der Waals surface area contributed by atoms with Crippen LogP contribution in [0.4, 0.5) is 0 Å². The van der Waals surface area contributed by atoms with Gasteiger partial charge in [0.15, 0.2) is 23.3 Å². The van der Waals surface area contributed by atoms with Crippen LogP contribution in [0.3, 0.4) is 0 Å². The van der Waals surface area contributed by atoms with Crippen molar-refractivity contribution < 1.29 is 18.7 Å². The van der Waals surface area contributed by atoms with Crippen LogP contribution in [0.15, 0.2) is 52.1 Å². The molecule has 0 aliphatic heterocycles. The third-order valence-corrected chi connectivity index (χ3v) is 4.72. The largest absolute Gasteiger partial charge is 0.493 e. The van der Waals surface area contributed by atoms with Crippen LogP contribution in [0.1, 0.15) is 5.89 Å². The fourth-order valence-corrected chi connectivity index (χ4v) is 3.21. The summed E-state index contributed by atoms with van der Waals surface area (Å²) in [5.41, 5.74) is 1.48. The first-order valence-corrected chi connectivity index (χ1v) is 9.93. The number of ether oxygens (including phenoxy) is 3. The van der Waals surface area contributed by atoms with Crippen molar-refractivity contribution in [3.63, 3.8) is 0 Å². The molecule has 4 aromatic rings. The molecular formula is C20H18N4O4S. The Kier molecular flexibility index (Phi) is 5.48. The molecule has 4 rings (SSSR count). The van der Waals surface area contributed by atoms with Gasteiger partial charge in [-0.15, -0.1) is 0 Å². The van der Waals surface area contributed by atoms with E-state index in [-0.39, 0.29) is 6.61 Å². The number of methoxy groups -OCH3 is 2. The molecule has 9 heteroatoms. The molecule has 0 unspecified atom stereocenters. The Bertz CT molecular complexity index is 1150. The lowest BCUT2D eigenvalue weighted by Gasteiger charge is -2.09. The van der Waals surface area contributed by atoms with Crippen LogP contribution in [-0.4, -0.2) is 40.6 Å². The molecular weight excluding hydrogens is 392 g/mol. The van der Waals surface area contributed by atoms with Crippen LogP contribution in [0.25, 0.3) is 22.3 Å². The summed E-state index contributed by atoms with van der Waals surface area (Å²) in [4.78, 5) is 13.4. The average Bonchev–Trinajstić information content (AvgIpc) is 3.25. The first-order valence-electron chi connectivity index (χ1n) is 8.71. The lowest BCUT2D eigenvalue weighted by molar-refractivity contribution is 0.236. The highest BCUT2D eigenvalue weighted by molar-refractivity contribution is 7.98. The van der Waals surface area contributed by atoms with Crippen molar-refractivity contribution >= 4 is 22.7 Å². The number of fused-ring (bicyclic) bond motifs is 1. The zero-order valence-corrected chi connectivity index (χ0v) is 16.9. The molecule has 2 heterocycles. The third kappa shape index (κ3) is 3.81. The molecule has 0 atom stereocenters. The fourth-order valence-electron chi connectivity index (χ4n) is 2.84. The summed E-state index contributed by atoms with van der Waals surface area (Å²) in [5.74, 6) is 2.30. The summed E-state index contributed by atoms with van der Waals surface area (Å²) in [6, 6.07) is 13.1. The normalized spacial score (nSPS) is 10.9. The summed E-state index contributed by atoms with van der Waals surface area (Å²) in [7, 11) is 3.14. The molecule has 0 saturated heterocycles. The van der Waals surface area contributed by atoms with Crippen LogP contribution < -0.4 is 14.2 Å². The molecule has 0 fully saturated rings. The topological polar surface area (TPSA) is 92.4 Å². The van der Waals surface area contributed by atoms with Gasteiger partial charge in [0, 0.05) is 0 Å². The number of hydrogen-bond acceptors (Lipinski definition) is 9. The molecule has 29 heavy (non-hydrogen) atoms. The average molecular weight is 410 g/mol. The first-order chi connectivity index (χ1) is 14.2. The molecule has 0 spiro atoms. The number of aromatic nitrogens is 4. The lowest BCUT2D eigenvalue weighted by Crippen LogP contribution is -2.00. The maximum absolute atomic E-state index is 5.88. The highest BCUT2D eigenvalue weighted by atomic mass is 32.2. The van der Waals surface area contributed by atoms with Gasteiger partial charge in [0.1, 0.15) is 0 Å². The Morgan fingerprint density at radius 2 is 1.83 bits per heavy atom. The number of rotatable bonds is 7. The molecule has 0 saturated carbocycles. The van der Waals surface area contributed by atoms with E-state index in [9.17, 15) is 0 Å². The standard InChI is InChI=1S/C20H18N4O4S/c1-25-15-10-6-8-13(17(15)26-2)18-22-16(28-24-18)11-27-19-12-7-4-5-9-14(12)21-20(23-19)29-3/h4-10H,11H2,1-3H3. The van der Waals surface area contributed by atoms with Crippen molar-refractivity contribution in [2.75, 3.05) is 20.5 Å². The Labute approximate surface area is 171 Å². The maximum atomic E-state index is 5.88. The second-order valence-electron chi connectivity index (χ2n) is 5.87. The van der Waals surface area contributed by atoms with Gasteiger partial charge in [-0.05, 0) is 30.5 Å². The Hall–Kier alpha value is -3.33. The van der Waals surface area contributed by atoms with Crippen LogP contribution in [0, 0.1) is 0 Å². The summed E-state index contributed by atoms with van der Waals surface area (Å²) >= 11 is 1.45. The Balaban J connectivity index is 1.59. The molecule has 0 radical (unpaired) electrons. The van der Waals surface area contributed by atoms with E-state index < -0.39 is 0 Å². The smallest absolute Gasteiger partial charge is 0.264 e. The van der Waals surface area contributed by atoms with Crippen molar-refractivity contribution in [1.82, 2.24) is 20.1 Å². The zero-order chi connectivity index (χ0) is 20.2. The second kappa shape index (κ2) is 8.36. The van der Waals surface area contributed by atoms with Gasteiger partial charge in [-0.1, -0.05) is 35.1 Å². The van der Waals surface area contributed by atoms with Crippen molar-refractivity contribution in [1.29, 1.82) is 0 Å². The lowest BCUT2D eigenvalue weighted by atomic mass is 10.1. The van der Waals surface area contributed by atoms with Crippen molar-refractivity contribution in [2.45, 2.75) is 11.8 Å². The molecule has 2 aromatic heterocycles. The molecule has 0 aliphatic carbocycles. The Morgan fingerprint density at radius 3 is 2.62 bits per heavy atom. The zero-order valence-electron chi connectivity index (χ0n) is 16.1. The summed E-state index contributed by atoms with van der Waals surface area (Å²) in [5, 5.41) is 5.49. The van der Waals surface area contributed by atoms with Gasteiger partial charge in [-0.2, -0.15) is 9.97 Å². The highest BCUT2D eigenvalue weighted by Gasteiger charge is 2.17. The molecule has 0 amide bonds. The number of nitrogens with zero attached hydrogens (tertiary/aromatic N) is 4. The second-order valence-corrected chi connectivity index (χ2v) is 6.65. The van der Waals surface area contributed by atoms with Gasteiger partial charge in [-0.3, -0.25) is 0 Å². The quantitative estimate of drug-likeness (QED) is 0.331. The van der Waals surface area contributed by atoms with E-state index in [2.05, 4.69) is 20.1 Å². The van der Waals surface area contributed by atoms with Crippen molar-refractivity contribution in [3.8, 4) is 28.8 Å². The Morgan fingerprint density at radius 1 is 0.966 bits per heavy atom. The third-order valence-electron chi connectivity index (χ3n) is 4.17. The van der Waals surface area contributed by atoms with Crippen molar-refractivity contribution in [2.24, 2.45) is 0 Å². The summed E-state index contributed by atoms with van der Waals surface area (Å²) < 4.78 is 22.0. The van der Waals surface area contributed by atoms with Gasteiger partial charge in [0.25, 0.3) is 5.89 Å². The molecule has 148 valence electrons. The fraction of sp³-hybridized carbons (Fsp3) is 0.200. The highest BCUT2D eigenvalue weighted by Crippen LogP contribution is 2.36. The molecule has 8 nitrogen and oxygen atoms in total. The molecule has 2 aromatic carbocycles. The van der Waals surface area contributed by atoms with Gasteiger partial charge >= 0.3 is 0 Å². The van der Waals surface area contributed by atoms with Gasteiger partial charge in [0.2, 0.25) is 11.7 Å². The SMILES string of the molecule is COc1cccc(-c2noc(COc3nc(SC)nc4ccccc34)n2)c1OC. The van der Waals surface area contributed by atoms with Crippen LogP contribution in [0.2, 0.25) is 0 Å². The van der Waals surface area contributed by atoms with E-state index in [0.29, 0.717) is 39.8 Å².